The predicted octanol–water partition coefficient (Wildman–Crippen LogP) is 1.30. The van der Waals surface area contributed by atoms with E-state index in [0.29, 0.717) is 12.0 Å². The Morgan fingerprint density at radius 1 is 1.42 bits per heavy atom. The number of hydrogen-bond acceptors (Lipinski definition) is 4. The van der Waals surface area contributed by atoms with Crippen molar-refractivity contribution >= 4 is 5.97 Å². The van der Waals surface area contributed by atoms with Crippen LogP contribution in [0.2, 0.25) is 0 Å². The van der Waals surface area contributed by atoms with Crippen LogP contribution in [0, 0.1) is 5.92 Å². The maximum atomic E-state index is 11.8. The van der Waals surface area contributed by atoms with Gasteiger partial charge in [-0.2, -0.15) is 0 Å². The first-order chi connectivity index (χ1) is 8.93. The highest BCUT2D eigenvalue weighted by Gasteiger charge is 2.91. The van der Waals surface area contributed by atoms with Crippen LogP contribution in [-0.2, 0) is 14.3 Å². The van der Waals surface area contributed by atoms with Gasteiger partial charge in [-0.15, -0.1) is 0 Å². The van der Waals surface area contributed by atoms with Crippen LogP contribution in [0.5, 0.6) is 0 Å². The Labute approximate surface area is 112 Å². The molecule has 2 aliphatic carbocycles. The van der Waals surface area contributed by atoms with Gasteiger partial charge in [0.1, 0.15) is 11.7 Å². The Kier molecular flexibility index (Phi) is 1.51. The van der Waals surface area contributed by atoms with E-state index in [1.807, 2.05) is 6.92 Å². The van der Waals surface area contributed by atoms with E-state index in [0.717, 1.165) is 24.8 Å². The summed E-state index contributed by atoms with van der Waals surface area (Å²) >= 11 is 0. The molecule has 4 nitrogen and oxygen atoms in total. The molecule has 1 N–H and O–H groups in total. The van der Waals surface area contributed by atoms with Crippen LogP contribution < -0.4 is 5.32 Å². The average molecular weight is 261 g/mol. The Bertz CT molecular complexity index is 570. The Hall–Kier alpha value is -0.870. The van der Waals surface area contributed by atoms with Crippen molar-refractivity contribution in [2.45, 2.75) is 68.9 Å². The van der Waals surface area contributed by atoms with E-state index in [2.05, 4.69) is 19.2 Å². The molecule has 0 aromatic heterocycles. The molecule has 0 radical (unpaired) electrons. The molecule has 5 aliphatic rings. The zero-order valence-electron chi connectivity index (χ0n) is 11.6. The average Bonchev–Trinajstić information content (AvgIpc) is 3.16. The van der Waals surface area contributed by atoms with Gasteiger partial charge in [-0.05, 0) is 38.2 Å². The lowest BCUT2D eigenvalue weighted by atomic mass is 9.78. The molecule has 4 fully saturated rings. The second kappa shape index (κ2) is 2.63. The standard InChI is InChI=1S/C15H19NO3/c1-7-4-10-9(8(2)12(17)18-10)5-14-13(3,19-14)6-11-15(7,14)16-11/h7,10-11,16H,4-6H2,1-3H3/t7-,10-,11-,13-,14-,15-/m1/s1. The number of carbonyl (C=O) groups is 1. The summed E-state index contributed by atoms with van der Waals surface area (Å²) in [5, 5.41) is 3.71. The van der Waals surface area contributed by atoms with Crippen molar-refractivity contribution in [1.82, 2.24) is 5.32 Å². The van der Waals surface area contributed by atoms with Crippen LogP contribution in [0.3, 0.4) is 0 Å². The fraction of sp³-hybridized carbons (Fsp3) is 0.800. The minimum absolute atomic E-state index is 0.00616. The first kappa shape index (κ1) is 10.9. The minimum atomic E-state index is -0.125. The molecule has 19 heavy (non-hydrogen) atoms. The molecule has 0 aromatic carbocycles. The fourth-order valence-corrected chi connectivity index (χ4v) is 5.46. The lowest BCUT2D eigenvalue weighted by Gasteiger charge is -2.25. The van der Waals surface area contributed by atoms with Gasteiger partial charge in [0.25, 0.3) is 0 Å². The fourth-order valence-electron chi connectivity index (χ4n) is 5.46. The summed E-state index contributed by atoms with van der Waals surface area (Å²) in [6, 6.07) is 0.608. The highest BCUT2D eigenvalue weighted by Crippen LogP contribution is 2.75. The van der Waals surface area contributed by atoms with Crippen molar-refractivity contribution in [2.75, 3.05) is 0 Å². The van der Waals surface area contributed by atoms with Crippen LogP contribution in [-0.4, -0.2) is 34.9 Å². The third-order valence-corrected chi connectivity index (χ3v) is 6.56. The molecule has 102 valence electrons. The van der Waals surface area contributed by atoms with E-state index < -0.39 is 0 Å². The quantitative estimate of drug-likeness (QED) is 0.527. The molecule has 6 atom stereocenters. The minimum Gasteiger partial charge on any atom is -0.454 e. The van der Waals surface area contributed by atoms with E-state index in [4.69, 9.17) is 9.47 Å². The van der Waals surface area contributed by atoms with E-state index in [1.165, 1.54) is 5.57 Å². The SMILES string of the molecule is CC1=C2C[C@@]34O[C@]3(C)C[C@H]3N[C@]34[C@H](C)C[C@H]2OC1=O. The Balaban J connectivity index is 1.67. The van der Waals surface area contributed by atoms with Gasteiger partial charge >= 0.3 is 5.97 Å². The monoisotopic (exact) mass is 261 g/mol. The van der Waals surface area contributed by atoms with Crippen LogP contribution in [0.15, 0.2) is 11.1 Å². The molecule has 5 rings (SSSR count). The number of rotatable bonds is 0. The van der Waals surface area contributed by atoms with Gasteiger partial charge in [0.2, 0.25) is 0 Å². The molecule has 2 saturated carbocycles. The van der Waals surface area contributed by atoms with E-state index in [-0.39, 0.29) is 28.8 Å². The lowest BCUT2D eigenvalue weighted by molar-refractivity contribution is -0.140. The maximum Gasteiger partial charge on any atom is 0.334 e. The molecule has 0 aromatic rings. The molecule has 3 heterocycles. The van der Waals surface area contributed by atoms with Crippen molar-refractivity contribution in [3.8, 4) is 0 Å². The van der Waals surface area contributed by atoms with Crippen molar-refractivity contribution in [2.24, 2.45) is 5.92 Å². The van der Waals surface area contributed by atoms with Gasteiger partial charge in [-0.3, -0.25) is 0 Å². The van der Waals surface area contributed by atoms with Gasteiger partial charge in [0, 0.05) is 18.0 Å². The van der Waals surface area contributed by atoms with E-state index in [9.17, 15) is 4.79 Å². The smallest absolute Gasteiger partial charge is 0.334 e. The van der Waals surface area contributed by atoms with Crippen molar-refractivity contribution < 1.29 is 14.3 Å². The van der Waals surface area contributed by atoms with E-state index >= 15 is 0 Å². The van der Waals surface area contributed by atoms with Gasteiger partial charge in [0.15, 0.2) is 0 Å². The van der Waals surface area contributed by atoms with Crippen LogP contribution in [0.1, 0.15) is 40.0 Å². The normalized spacial score (nSPS) is 60.8. The topological polar surface area (TPSA) is 60.8 Å². The molecule has 3 aliphatic heterocycles. The van der Waals surface area contributed by atoms with Crippen LogP contribution in [0.25, 0.3) is 0 Å². The lowest BCUT2D eigenvalue weighted by Crippen LogP contribution is -2.43. The summed E-state index contributed by atoms with van der Waals surface area (Å²) in [4.78, 5) is 11.8. The largest absolute Gasteiger partial charge is 0.454 e. The molecule has 0 unspecified atom stereocenters. The molecule has 0 amide bonds. The molecule has 2 spiro atoms. The zero-order chi connectivity index (χ0) is 13.2. The van der Waals surface area contributed by atoms with Gasteiger partial charge in [-0.1, -0.05) is 6.92 Å². The number of epoxide rings is 1. The highest BCUT2D eigenvalue weighted by atomic mass is 16.6. The third kappa shape index (κ3) is 0.897. The number of ether oxygens (including phenoxy) is 2. The Morgan fingerprint density at radius 3 is 3.00 bits per heavy atom. The second-order valence-corrected chi connectivity index (χ2v) is 7.29. The van der Waals surface area contributed by atoms with Gasteiger partial charge in [0.05, 0.1) is 11.1 Å². The summed E-state index contributed by atoms with van der Waals surface area (Å²) in [6.45, 7) is 6.43. The number of nitrogens with one attached hydrogen (secondary N) is 1. The molecular formula is C15H19NO3. The summed E-state index contributed by atoms with van der Waals surface area (Å²) in [7, 11) is 0. The number of esters is 1. The molecule has 0 bridgehead atoms. The number of piperidine rings is 1. The summed E-state index contributed by atoms with van der Waals surface area (Å²) in [6.07, 6.45) is 2.92. The second-order valence-electron chi connectivity index (χ2n) is 7.29. The number of hydrogen-bond donors (Lipinski definition) is 1. The molecule has 4 heteroatoms. The maximum absolute atomic E-state index is 11.8. The zero-order valence-corrected chi connectivity index (χ0v) is 11.6. The van der Waals surface area contributed by atoms with Crippen LogP contribution >= 0.6 is 0 Å². The summed E-state index contributed by atoms with van der Waals surface area (Å²) < 4.78 is 11.8. The summed E-state index contributed by atoms with van der Waals surface area (Å²) in [5.74, 6) is 0.364. The highest BCUT2D eigenvalue weighted by molar-refractivity contribution is 5.91. The van der Waals surface area contributed by atoms with Crippen molar-refractivity contribution in [3.05, 3.63) is 11.1 Å². The van der Waals surface area contributed by atoms with Crippen LogP contribution in [0.4, 0.5) is 0 Å². The first-order valence-corrected chi connectivity index (χ1v) is 7.32. The van der Waals surface area contributed by atoms with Crippen molar-refractivity contribution in [3.63, 3.8) is 0 Å². The third-order valence-electron chi connectivity index (χ3n) is 6.56. The summed E-state index contributed by atoms with van der Waals surface area (Å²) in [5.41, 5.74) is 2.11. The van der Waals surface area contributed by atoms with E-state index in [1.54, 1.807) is 0 Å². The predicted molar refractivity (Wildman–Crippen MR) is 67.5 cm³/mol. The first-order valence-electron chi connectivity index (χ1n) is 7.32. The van der Waals surface area contributed by atoms with Gasteiger partial charge < -0.3 is 14.8 Å². The van der Waals surface area contributed by atoms with Crippen molar-refractivity contribution in [1.29, 1.82) is 0 Å². The molecular weight excluding hydrogens is 242 g/mol. The molecule has 2 saturated heterocycles. The Morgan fingerprint density at radius 2 is 2.21 bits per heavy atom. The number of fused-ring (bicyclic) bond motifs is 1. The number of carbonyl (C=O) groups excluding carboxylic acids is 1. The van der Waals surface area contributed by atoms with Gasteiger partial charge in [-0.25, -0.2) is 4.79 Å².